The third kappa shape index (κ3) is 5.38. The third-order valence-electron chi connectivity index (χ3n) is 3.29. The quantitative estimate of drug-likeness (QED) is 0.823. The van der Waals surface area contributed by atoms with Gasteiger partial charge in [0.15, 0.2) is 0 Å². The number of hydrogen-bond donors (Lipinski definition) is 2. The van der Waals surface area contributed by atoms with Gasteiger partial charge in [-0.2, -0.15) is 0 Å². The van der Waals surface area contributed by atoms with Crippen molar-refractivity contribution in [1.29, 1.82) is 0 Å². The molecule has 116 valence electrons. The summed E-state index contributed by atoms with van der Waals surface area (Å²) in [7, 11) is 1.59. The maximum absolute atomic E-state index is 11.9. The lowest BCUT2D eigenvalue weighted by atomic mass is 9.84. The van der Waals surface area contributed by atoms with Crippen LogP contribution in [0.1, 0.15) is 25.8 Å². The number of halogens is 1. The molecule has 21 heavy (non-hydrogen) atoms. The second-order valence-corrected chi connectivity index (χ2v) is 6.44. The van der Waals surface area contributed by atoms with E-state index < -0.39 is 5.97 Å². The van der Waals surface area contributed by atoms with E-state index in [0.717, 1.165) is 10.0 Å². The Labute approximate surface area is 133 Å². The first kappa shape index (κ1) is 17.5. The van der Waals surface area contributed by atoms with Crippen LogP contribution >= 0.6 is 15.9 Å². The van der Waals surface area contributed by atoms with Crippen LogP contribution in [0.5, 0.6) is 0 Å². The Morgan fingerprint density at radius 3 is 2.52 bits per heavy atom. The number of benzene rings is 1. The molecule has 0 heterocycles. The lowest BCUT2D eigenvalue weighted by Gasteiger charge is -2.28. The second-order valence-electron chi connectivity index (χ2n) is 5.59. The van der Waals surface area contributed by atoms with Crippen LogP contribution in [-0.4, -0.2) is 42.1 Å². The summed E-state index contributed by atoms with van der Waals surface area (Å²) >= 11 is 3.52. The van der Waals surface area contributed by atoms with Gasteiger partial charge in [0.2, 0.25) is 0 Å². The van der Waals surface area contributed by atoms with Crippen molar-refractivity contribution in [3.8, 4) is 0 Å². The van der Waals surface area contributed by atoms with Gasteiger partial charge >= 0.3 is 12.0 Å². The Morgan fingerprint density at radius 1 is 1.33 bits per heavy atom. The number of carbonyl (C=O) groups excluding carboxylic acids is 1. The predicted molar refractivity (Wildman–Crippen MR) is 85.4 cm³/mol. The minimum atomic E-state index is -0.914. The Morgan fingerprint density at radius 2 is 1.95 bits per heavy atom. The highest BCUT2D eigenvalue weighted by Gasteiger charge is 2.24. The number of nitrogens with one attached hydrogen (secondary N) is 1. The highest BCUT2D eigenvalue weighted by Crippen LogP contribution is 2.29. The fourth-order valence-corrected chi connectivity index (χ4v) is 2.72. The van der Waals surface area contributed by atoms with E-state index in [4.69, 9.17) is 5.11 Å². The van der Waals surface area contributed by atoms with Gasteiger partial charge < -0.3 is 15.3 Å². The summed E-state index contributed by atoms with van der Waals surface area (Å²) in [6, 6.07) is 7.63. The van der Waals surface area contributed by atoms with Crippen molar-refractivity contribution < 1.29 is 14.7 Å². The van der Waals surface area contributed by atoms with Crippen LogP contribution in [0.2, 0.25) is 0 Å². The van der Waals surface area contributed by atoms with Gasteiger partial charge in [0.1, 0.15) is 0 Å². The Balaban J connectivity index is 2.59. The first-order valence-electron chi connectivity index (χ1n) is 6.70. The highest BCUT2D eigenvalue weighted by atomic mass is 79.9. The van der Waals surface area contributed by atoms with Gasteiger partial charge in [-0.15, -0.1) is 0 Å². The van der Waals surface area contributed by atoms with Crippen LogP contribution in [0, 0.1) is 0 Å². The molecule has 0 saturated carbocycles. The zero-order valence-corrected chi connectivity index (χ0v) is 14.1. The minimum absolute atomic E-state index is 0.0580. The number of carboxylic acids is 1. The van der Waals surface area contributed by atoms with Crippen molar-refractivity contribution in [3.05, 3.63) is 34.3 Å². The zero-order chi connectivity index (χ0) is 16.0. The standard InChI is InChI=1S/C15H21BrN2O3/c1-15(2,11-6-4-5-7-12(11)16)10-17-14(21)18(3)9-8-13(19)20/h4-7H,8-10H2,1-3H3,(H,17,21)(H,19,20). The maximum atomic E-state index is 11.9. The SMILES string of the molecule is CN(CCC(=O)O)C(=O)NCC(C)(C)c1ccccc1Br. The molecule has 5 nitrogen and oxygen atoms in total. The van der Waals surface area contributed by atoms with Crippen molar-refractivity contribution in [2.75, 3.05) is 20.1 Å². The average Bonchev–Trinajstić information content (AvgIpc) is 2.42. The van der Waals surface area contributed by atoms with Crippen molar-refractivity contribution in [2.24, 2.45) is 0 Å². The molecular weight excluding hydrogens is 336 g/mol. The Hall–Kier alpha value is -1.56. The molecule has 0 aliphatic carbocycles. The number of amides is 2. The van der Waals surface area contributed by atoms with E-state index in [0.29, 0.717) is 6.54 Å². The molecule has 0 atom stereocenters. The van der Waals surface area contributed by atoms with E-state index in [2.05, 4.69) is 21.2 Å². The fraction of sp³-hybridized carbons (Fsp3) is 0.467. The second kappa shape index (κ2) is 7.45. The van der Waals surface area contributed by atoms with Crippen LogP contribution in [0.25, 0.3) is 0 Å². The van der Waals surface area contributed by atoms with Gasteiger partial charge in [-0.05, 0) is 11.6 Å². The summed E-state index contributed by atoms with van der Waals surface area (Å²) < 4.78 is 1.00. The van der Waals surface area contributed by atoms with Crippen LogP contribution in [-0.2, 0) is 10.2 Å². The smallest absolute Gasteiger partial charge is 0.317 e. The normalized spacial score (nSPS) is 11.0. The molecule has 1 aromatic rings. The van der Waals surface area contributed by atoms with Crippen molar-refractivity contribution in [3.63, 3.8) is 0 Å². The summed E-state index contributed by atoms with van der Waals surface area (Å²) in [5, 5.41) is 11.5. The summed E-state index contributed by atoms with van der Waals surface area (Å²) in [5.41, 5.74) is 0.877. The molecule has 0 aliphatic rings. The van der Waals surface area contributed by atoms with Crippen molar-refractivity contribution in [2.45, 2.75) is 25.7 Å². The van der Waals surface area contributed by atoms with Gasteiger partial charge in [0.05, 0.1) is 6.42 Å². The van der Waals surface area contributed by atoms with Gasteiger partial charge in [-0.25, -0.2) is 4.79 Å². The van der Waals surface area contributed by atoms with E-state index in [-0.39, 0.29) is 24.4 Å². The monoisotopic (exact) mass is 356 g/mol. The molecule has 0 fully saturated rings. The first-order valence-corrected chi connectivity index (χ1v) is 7.49. The number of hydrogen-bond acceptors (Lipinski definition) is 2. The van der Waals surface area contributed by atoms with Crippen molar-refractivity contribution in [1.82, 2.24) is 10.2 Å². The highest BCUT2D eigenvalue weighted by molar-refractivity contribution is 9.10. The number of carbonyl (C=O) groups is 2. The minimum Gasteiger partial charge on any atom is -0.481 e. The maximum Gasteiger partial charge on any atom is 0.317 e. The summed E-state index contributed by atoms with van der Waals surface area (Å²) in [4.78, 5) is 23.8. The van der Waals surface area contributed by atoms with E-state index in [1.54, 1.807) is 7.05 Å². The topological polar surface area (TPSA) is 69.6 Å². The Bertz CT molecular complexity index is 517. The molecule has 1 rings (SSSR count). The first-order chi connectivity index (χ1) is 9.74. The van der Waals surface area contributed by atoms with Gasteiger partial charge in [0, 0.05) is 30.0 Å². The number of rotatable bonds is 6. The molecule has 1 aromatic carbocycles. The molecule has 2 amide bonds. The molecule has 0 spiro atoms. The predicted octanol–water partition coefficient (Wildman–Crippen LogP) is 2.84. The summed E-state index contributed by atoms with van der Waals surface area (Å²) in [6.45, 7) is 4.75. The number of aliphatic carboxylic acids is 1. The largest absolute Gasteiger partial charge is 0.481 e. The van der Waals surface area contributed by atoms with Crippen LogP contribution < -0.4 is 5.32 Å². The molecule has 0 bridgehead atoms. The number of carboxylic acid groups (broad SMARTS) is 1. The molecule has 6 heteroatoms. The average molecular weight is 357 g/mol. The molecule has 0 unspecified atom stereocenters. The lowest BCUT2D eigenvalue weighted by Crippen LogP contribution is -2.43. The summed E-state index contributed by atoms with van der Waals surface area (Å²) in [6.07, 6.45) is -0.0580. The molecular formula is C15H21BrN2O3. The van der Waals surface area contributed by atoms with Crippen LogP contribution in [0.3, 0.4) is 0 Å². The van der Waals surface area contributed by atoms with Gasteiger partial charge in [-0.1, -0.05) is 48.0 Å². The van der Waals surface area contributed by atoms with Crippen molar-refractivity contribution >= 4 is 27.9 Å². The molecule has 2 N–H and O–H groups in total. The Kier molecular flexibility index (Phi) is 6.20. The molecule has 0 radical (unpaired) electrons. The van der Waals surface area contributed by atoms with Gasteiger partial charge in [-0.3, -0.25) is 4.79 Å². The number of urea groups is 1. The van der Waals surface area contributed by atoms with E-state index in [1.165, 1.54) is 4.90 Å². The number of nitrogens with zero attached hydrogens (tertiary/aromatic N) is 1. The van der Waals surface area contributed by atoms with E-state index in [1.807, 2.05) is 38.1 Å². The van der Waals surface area contributed by atoms with Crippen LogP contribution in [0.15, 0.2) is 28.7 Å². The van der Waals surface area contributed by atoms with Gasteiger partial charge in [0.25, 0.3) is 0 Å². The fourth-order valence-electron chi connectivity index (χ4n) is 1.90. The molecule has 0 saturated heterocycles. The zero-order valence-electron chi connectivity index (χ0n) is 12.5. The lowest BCUT2D eigenvalue weighted by molar-refractivity contribution is -0.137. The van der Waals surface area contributed by atoms with E-state index >= 15 is 0 Å². The molecule has 0 aromatic heterocycles. The molecule has 0 aliphatic heterocycles. The third-order valence-corrected chi connectivity index (χ3v) is 3.98. The summed E-state index contributed by atoms with van der Waals surface area (Å²) in [5.74, 6) is -0.914. The van der Waals surface area contributed by atoms with Crippen LogP contribution in [0.4, 0.5) is 4.79 Å². The van der Waals surface area contributed by atoms with E-state index in [9.17, 15) is 9.59 Å².